The predicted molar refractivity (Wildman–Crippen MR) is 77.8 cm³/mol. The number of aromatic nitrogens is 2. The van der Waals surface area contributed by atoms with Gasteiger partial charge in [0.2, 0.25) is 5.88 Å². The lowest BCUT2D eigenvalue weighted by molar-refractivity contribution is 0.383. The molecule has 1 aliphatic rings. The molecule has 19 heavy (non-hydrogen) atoms. The van der Waals surface area contributed by atoms with Gasteiger partial charge in [0.05, 0.1) is 7.11 Å². The predicted octanol–water partition coefficient (Wildman–Crippen LogP) is 3.74. The number of anilines is 1. The second-order valence-corrected chi connectivity index (χ2v) is 6.36. The van der Waals surface area contributed by atoms with Crippen molar-refractivity contribution in [2.75, 3.05) is 12.4 Å². The van der Waals surface area contributed by atoms with E-state index in [1.54, 1.807) is 7.11 Å². The molecule has 1 aromatic heterocycles. The van der Waals surface area contributed by atoms with Crippen molar-refractivity contribution in [1.82, 2.24) is 9.97 Å². The van der Waals surface area contributed by atoms with Gasteiger partial charge in [-0.2, -0.15) is 4.98 Å². The van der Waals surface area contributed by atoms with Crippen molar-refractivity contribution >= 4 is 5.82 Å². The monoisotopic (exact) mass is 263 g/mol. The van der Waals surface area contributed by atoms with Gasteiger partial charge in [0.1, 0.15) is 11.6 Å². The molecule has 0 spiro atoms. The Kier molecular flexibility index (Phi) is 4.27. The summed E-state index contributed by atoms with van der Waals surface area (Å²) in [6, 6.07) is 1.87. The summed E-state index contributed by atoms with van der Waals surface area (Å²) in [6.45, 7) is 6.38. The minimum absolute atomic E-state index is 0.0107. The van der Waals surface area contributed by atoms with Crippen molar-refractivity contribution in [2.45, 2.75) is 64.3 Å². The van der Waals surface area contributed by atoms with E-state index in [2.05, 4.69) is 36.1 Å². The fraction of sp³-hybridized carbons (Fsp3) is 0.733. The summed E-state index contributed by atoms with van der Waals surface area (Å²) in [4.78, 5) is 9.22. The number of nitrogens with zero attached hydrogens (tertiary/aromatic N) is 2. The Morgan fingerprint density at radius 1 is 1.16 bits per heavy atom. The van der Waals surface area contributed by atoms with Gasteiger partial charge in [-0.15, -0.1) is 0 Å². The highest BCUT2D eigenvalue weighted by Gasteiger charge is 2.20. The van der Waals surface area contributed by atoms with Crippen LogP contribution in [0.25, 0.3) is 0 Å². The average Bonchev–Trinajstić information content (AvgIpc) is 2.37. The summed E-state index contributed by atoms with van der Waals surface area (Å²) >= 11 is 0. The van der Waals surface area contributed by atoms with E-state index in [1.807, 2.05) is 6.07 Å². The molecule has 4 heteroatoms. The topological polar surface area (TPSA) is 47.0 Å². The zero-order valence-electron chi connectivity index (χ0n) is 12.5. The number of nitrogens with one attached hydrogen (secondary N) is 1. The molecule has 1 N–H and O–H groups in total. The summed E-state index contributed by atoms with van der Waals surface area (Å²) in [5.41, 5.74) is -0.0107. The Hall–Kier alpha value is -1.32. The van der Waals surface area contributed by atoms with E-state index in [0.29, 0.717) is 11.8 Å². The summed E-state index contributed by atoms with van der Waals surface area (Å²) in [7, 11) is 1.66. The van der Waals surface area contributed by atoms with Gasteiger partial charge < -0.3 is 10.1 Å². The smallest absolute Gasteiger partial charge is 0.218 e. The van der Waals surface area contributed by atoms with Gasteiger partial charge in [0, 0.05) is 17.5 Å². The van der Waals surface area contributed by atoms with Crippen molar-refractivity contribution in [3.8, 4) is 5.88 Å². The fourth-order valence-corrected chi connectivity index (χ4v) is 2.54. The first kappa shape index (κ1) is 14.1. The van der Waals surface area contributed by atoms with Gasteiger partial charge in [-0.1, -0.05) is 19.3 Å². The molecule has 4 nitrogen and oxygen atoms in total. The Morgan fingerprint density at radius 3 is 2.42 bits per heavy atom. The van der Waals surface area contributed by atoms with E-state index in [9.17, 15) is 0 Å². The van der Waals surface area contributed by atoms with Crippen molar-refractivity contribution < 1.29 is 4.74 Å². The molecule has 0 amide bonds. The van der Waals surface area contributed by atoms with Crippen LogP contribution in [0.5, 0.6) is 5.88 Å². The Morgan fingerprint density at radius 2 is 1.84 bits per heavy atom. The molecule has 1 aromatic rings. The summed E-state index contributed by atoms with van der Waals surface area (Å²) < 4.78 is 5.31. The molecular formula is C15H25N3O. The van der Waals surface area contributed by atoms with Gasteiger partial charge >= 0.3 is 0 Å². The number of rotatable bonds is 3. The SMILES string of the molecule is COc1cc(NC(C)(C)C)nc(C2CCCCC2)n1. The largest absolute Gasteiger partial charge is 0.481 e. The molecule has 1 fully saturated rings. The van der Waals surface area contributed by atoms with E-state index in [1.165, 1.54) is 32.1 Å². The van der Waals surface area contributed by atoms with Crippen LogP contribution in [0.4, 0.5) is 5.82 Å². The van der Waals surface area contributed by atoms with Crippen molar-refractivity contribution in [1.29, 1.82) is 0 Å². The lowest BCUT2D eigenvalue weighted by atomic mass is 9.89. The number of ether oxygens (including phenoxy) is 1. The van der Waals surface area contributed by atoms with Crippen LogP contribution in [-0.4, -0.2) is 22.6 Å². The van der Waals surface area contributed by atoms with Crippen LogP contribution in [0.3, 0.4) is 0 Å². The maximum absolute atomic E-state index is 5.31. The van der Waals surface area contributed by atoms with Gasteiger partial charge in [-0.3, -0.25) is 0 Å². The molecule has 0 atom stereocenters. The van der Waals surface area contributed by atoms with E-state index in [-0.39, 0.29) is 5.54 Å². The maximum atomic E-state index is 5.31. The van der Waals surface area contributed by atoms with Crippen LogP contribution in [0.1, 0.15) is 64.6 Å². The van der Waals surface area contributed by atoms with Crippen molar-refractivity contribution in [2.24, 2.45) is 0 Å². The summed E-state index contributed by atoms with van der Waals surface area (Å²) in [5.74, 6) is 2.94. The summed E-state index contributed by atoms with van der Waals surface area (Å²) in [5, 5.41) is 3.40. The molecule has 0 unspecified atom stereocenters. The molecule has 0 radical (unpaired) electrons. The Bertz CT molecular complexity index is 420. The van der Waals surface area contributed by atoms with Crippen LogP contribution in [0, 0.1) is 0 Å². The highest BCUT2D eigenvalue weighted by Crippen LogP contribution is 2.32. The molecule has 0 saturated heterocycles. The molecule has 0 aliphatic heterocycles. The molecule has 1 aliphatic carbocycles. The second-order valence-electron chi connectivity index (χ2n) is 6.36. The van der Waals surface area contributed by atoms with Crippen LogP contribution in [0.15, 0.2) is 6.07 Å². The zero-order valence-corrected chi connectivity index (χ0v) is 12.5. The van der Waals surface area contributed by atoms with Gasteiger partial charge in [0.25, 0.3) is 0 Å². The first-order valence-electron chi connectivity index (χ1n) is 7.19. The molecule has 106 valence electrons. The minimum atomic E-state index is -0.0107. The van der Waals surface area contributed by atoms with E-state index >= 15 is 0 Å². The fourth-order valence-electron chi connectivity index (χ4n) is 2.54. The second kappa shape index (κ2) is 5.76. The van der Waals surface area contributed by atoms with E-state index in [0.717, 1.165) is 11.6 Å². The minimum Gasteiger partial charge on any atom is -0.481 e. The number of methoxy groups -OCH3 is 1. The van der Waals surface area contributed by atoms with Gasteiger partial charge in [-0.25, -0.2) is 4.98 Å². The third kappa shape index (κ3) is 4.08. The molecular weight excluding hydrogens is 238 g/mol. The van der Waals surface area contributed by atoms with Gasteiger partial charge in [-0.05, 0) is 33.6 Å². The first-order chi connectivity index (χ1) is 8.98. The lowest BCUT2D eigenvalue weighted by Gasteiger charge is -2.24. The average molecular weight is 263 g/mol. The van der Waals surface area contributed by atoms with E-state index in [4.69, 9.17) is 4.74 Å². The Labute approximate surface area is 116 Å². The first-order valence-corrected chi connectivity index (χ1v) is 7.19. The summed E-state index contributed by atoms with van der Waals surface area (Å²) in [6.07, 6.45) is 6.30. The number of hydrogen-bond acceptors (Lipinski definition) is 4. The highest BCUT2D eigenvalue weighted by atomic mass is 16.5. The molecule has 1 saturated carbocycles. The maximum Gasteiger partial charge on any atom is 0.218 e. The van der Waals surface area contributed by atoms with Gasteiger partial charge in [0.15, 0.2) is 0 Å². The van der Waals surface area contributed by atoms with Crippen LogP contribution >= 0.6 is 0 Å². The third-order valence-electron chi connectivity index (χ3n) is 3.40. The lowest BCUT2D eigenvalue weighted by Crippen LogP contribution is -2.27. The zero-order chi connectivity index (χ0) is 13.9. The quantitative estimate of drug-likeness (QED) is 0.902. The van der Waals surface area contributed by atoms with Crippen molar-refractivity contribution in [3.05, 3.63) is 11.9 Å². The highest BCUT2D eigenvalue weighted by molar-refractivity contribution is 5.41. The standard InChI is InChI=1S/C15H25N3O/c1-15(2,3)18-12-10-13(19-4)17-14(16-12)11-8-6-5-7-9-11/h10-11H,5-9H2,1-4H3,(H,16,17,18). The van der Waals surface area contributed by atoms with Crippen molar-refractivity contribution in [3.63, 3.8) is 0 Å². The number of hydrogen-bond donors (Lipinski definition) is 1. The third-order valence-corrected chi connectivity index (χ3v) is 3.40. The van der Waals surface area contributed by atoms with Crippen LogP contribution in [-0.2, 0) is 0 Å². The van der Waals surface area contributed by atoms with Crippen LogP contribution < -0.4 is 10.1 Å². The van der Waals surface area contributed by atoms with Crippen LogP contribution in [0.2, 0.25) is 0 Å². The Balaban J connectivity index is 2.24. The molecule has 1 heterocycles. The van der Waals surface area contributed by atoms with E-state index < -0.39 is 0 Å². The molecule has 0 bridgehead atoms. The normalized spacial score (nSPS) is 17.3. The molecule has 2 rings (SSSR count). The molecule has 0 aromatic carbocycles.